The Labute approximate surface area is 64.2 Å². The number of anilines is 1. The molecule has 0 saturated carbocycles. The average molecular weight is 155 g/mol. The normalized spacial score (nSPS) is 9.36. The Hall–Kier alpha value is -1.46. The molecule has 1 aromatic rings. The standard InChI is InChI=1S/C5H9N5O/c1-10(2)4-6-8-5(11-3)9-7-4/h1-3H3. The van der Waals surface area contributed by atoms with Gasteiger partial charge >= 0.3 is 6.01 Å². The zero-order chi connectivity index (χ0) is 8.27. The van der Waals surface area contributed by atoms with E-state index in [-0.39, 0.29) is 6.01 Å². The Morgan fingerprint density at radius 2 is 1.64 bits per heavy atom. The van der Waals surface area contributed by atoms with Crippen LogP contribution in [-0.4, -0.2) is 41.6 Å². The quantitative estimate of drug-likeness (QED) is 0.565. The van der Waals surface area contributed by atoms with Gasteiger partial charge in [0.25, 0.3) is 5.95 Å². The second-order valence-electron chi connectivity index (χ2n) is 2.08. The van der Waals surface area contributed by atoms with Gasteiger partial charge in [-0.15, -0.1) is 10.2 Å². The Balaban J connectivity index is 2.83. The minimum Gasteiger partial charge on any atom is -0.465 e. The Bertz CT molecular complexity index is 221. The van der Waals surface area contributed by atoms with Crippen molar-refractivity contribution in [1.29, 1.82) is 0 Å². The molecule has 0 aliphatic heterocycles. The van der Waals surface area contributed by atoms with Crippen molar-refractivity contribution >= 4 is 5.95 Å². The van der Waals surface area contributed by atoms with E-state index in [1.807, 2.05) is 14.1 Å². The fourth-order valence-electron chi connectivity index (χ4n) is 0.476. The average Bonchev–Trinajstić information content (AvgIpc) is 2.05. The van der Waals surface area contributed by atoms with Gasteiger partial charge in [-0.3, -0.25) is 0 Å². The molecule has 0 saturated heterocycles. The van der Waals surface area contributed by atoms with Crippen molar-refractivity contribution in [1.82, 2.24) is 20.4 Å². The molecule has 0 aliphatic carbocycles. The SMILES string of the molecule is COc1nnc(N(C)C)nn1. The molecule has 0 atom stereocenters. The van der Waals surface area contributed by atoms with Gasteiger partial charge in [-0.1, -0.05) is 10.2 Å². The number of methoxy groups -OCH3 is 1. The lowest BCUT2D eigenvalue weighted by Gasteiger charge is -2.06. The smallest absolute Gasteiger partial charge is 0.354 e. The lowest BCUT2D eigenvalue weighted by atomic mass is 10.8. The van der Waals surface area contributed by atoms with Gasteiger partial charge < -0.3 is 9.64 Å². The Kier molecular flexibility index (Phi) is 2.15. The molecule has 0 bridgehead atoms. The summed E-state index contributed by atoms with van der Waals surface area (Å²) >= 11 is 0. The number of nitrogens with zero attached hydrogens (tertiary/aromatic N) is 5. The molecule has 1 aromatic heterocycles. The van der Waals surface area contributed by atoms with Crippen LogP contribution in [0.1, 0.15) is 0 Å². The van der Waals surface area contributed by atoms with E-state index in [2.05, 4.69) is 25.1 Å². The van der Waals surface area contributed by atoms with E-state index in [1.54, 1.807) is 4.90 Å². The minimum absolute atomic E-state index is 0.176. The van der Waals surface area contributed by atoms with Crippen LogP contribution in [0.25, 0.3) is 0 Å². The summed E-state index contributed by atoms with van der Waals surface area (Å²) in [5, 5.41) is 14.7. The summed E-state index contributed by atoms with van der Waals surface area (Å²) in [4.78, 5) is 1.71. The maximum Gasteiger partial charge on any atom is 0.354 e. The lowest BCUT2D eigenvalue weighted by molar-refractivity contribution is 0.365. The largest absolute Gasteiger partial charge is 0.465 e. The summed E-state index contributed by atoms with van der Waals surface area (Å²) in [6, 6.07) is 0.176. The molecule has 11 heavy (non-hydrogen) atoms. The summed E-state index contributed by atoms with van der Waals surface area (Å²) in [7, 11) is 5.09. The van der Waals surface area contributed by atoms with Crippen molar-refractivity contribution < 1.29 is 4.74 Å². The van der Waals surface area contributed by atoms with Crippen LogP contribution in [0.15, 0.2) is 0 Å². The van der Waals surface area contributed by atoms with Gasteiger partial charge in [0, 0.05) is 14.1 Å². The molecule has 0 aliphatic rings. The van der Waals surface area contributed by atoms with Gasteiger partial charge in [-0.25, -0.2) is 0 Å². The number of hydrogen-bond acceptors (Lipinski definition) is 6. The van der Waals surface area contributed by atoms with Crippen molar-refractivity contribution in [2.24, 2.45) is 0 Å². The third kappa shape index (κ3) is 1.73. The van der Waals surface area contributed by atoms with Crippen LogP contribution in [0.4, 0.5) is 5.95 Å². The summed E-state index contributed by atoms with van der Waals surface area (Å²) in [6.07, 6.45) is 0. The van der Waals surface area contributed by atoms with E-state index in [4.69, 9.17) is 0 Å². The fraction of sp³-hybridized carbons (Fsp3) is 0.600. The second-order valence-corrected chi connectivity index (χ2v) is 2.08. The Morgan fingerprint density at radius 1 is 1.09 bits per heavy atom. The number of rotatable bonds is 2. The van der Waals surface area contributed by atoms with E-state index in [0.29, 0.717) is 5.95 Å². The molecule has 1 rings (SSSR count). The highest BCUT2D eigenvalue weighted by molar-refractivity contribution is 5.21. The first-order valence-corrected chi connectivity index (χ1v) is 3.02. The molecule has 6 nitrogen and oxygen atoms in total. The third-order valence-electron chi connectivity index (χ3n) is 1.03. The summed E-state index contributed by atoms with van der Waals surface area (Å²) in [5.41, 5.74) is 0. The van der Waals surface area contributed by atoms with Crippen molar-refractivity contribution in [2.75, 3.05) is 26.1 Å². The topological polar surface area (TPSA) is 64.0 Å². The molecule has 0 radical (unpaired) electrons. The highest BCUT2D eigenvalue weighted by atomic mass is 16.5. The second kappa shape index (κ2) is 3.09. The number of ether oxygens (including phenoxy) is 1. The summed E-state index contributed by atoms with van der Waals surface area (Å²) in [6.45, 7) is 0. The molecular formula is C5H9N5O. The van der Waals surface area contributed by atoms with Crippen LogP contribution in [0.3, 0.4) is 0 Å². The van der Waals surface area contributed by atoms with Crippen LogP contribution in [-0.2, 0) is 0 Å². The molecule has 0 fully saturated rings. The first-order chi connectivity index (χ1) is 5.24. The highest BCUT2D eigenvalue weighted by Crippen LogP contribution is 1.99. The monoisotopic (exact) mass is 155 g/mol. The van der Waals surface area contributed by atoms with Gasteiger partial charge in [0.05, 0.1) is 7.11 Å². The highest BCUT2D eigenvalue weighted by Gasteiger charge is 2.00. The molecule has 0 aromatic carbocycles. The van der Waals surface area contributed by atoms with Crippen LogP contribution >= 0.6 is 0 Å². The van der Waals surface area contributed by atoms with E-state index in [9.17, 15) is 0 Å². The Morgan fingerprint density at radius 3 is 2.00 bits per heavy atom. The predicted octanol–water partition coefficient (Wildman–Crippen LogP) is -0.659. The molecule has 0 amide bonds. The predicted molar refractivity (Wildman–Crippen MR) is 38.5 cm³/mol. The molecule has 1 heterocycles. The molecule has 0 unspecified atom stereocenters. The number of hydrogen-bond donors (Lipinski definition) is 0. The maximum absolute atomic E-state index is 4.68. The van der Waals surface area contributed by atoms with Crippen molar-refractivity contribution in [3.63, 3.8) is 0 Å². The zero-order valence-corrected chi connectivity index (χ0v) is 6.64. The van der Waals surface area contributed by atoms with Crippen molar-refractivity contribution in [3.8, 4) is 6.01 Å². The molecule has 60 valence electrons. The first kappa shape index (κ1) is 7.64. The van der Waals surface area contributed by atoms with E-state index in [1.165, 1.54) is 7.11 Å². The van der Waals surface area contributed by atoms with Gasteiger partial charge in [0.1, 0.15) is 0 Å². The summed E-state index contributed by atoms with van der Waals surface area (Å²) in [5.74, 6) is 0.464. The maximum atomic E-state index is 4.68. The lowest BCUT2D eigenvalue weighted by Crippen LogP contribution is -2.14. The molecule has 0 N–H and O–H groups in total. The first-order valence-electron chi connectivity index (χ1n) is 3.02. The van der Waals surface area contributed by atoms with Gasteiger partial charge in [-0.05, 0) is 0 Å². The fourth-order valence-corrected chi connectivity index (χ4v) is 0.476. The van der Waals surface area contributed by atoms with Crippen LogP contribution in [0, 0.1) is 0 Å². The summed E-state index contributed by atoms with van der Waals surface area (Å²) < 4.78 is 4.68. The van der Waals surface area contributed by atoms with Crippen molar-refractivity contribution in [2.45, 2.75) is 0 Å². The van der Waals surface area contributed by atoms with Gasteiger partial charge in [-0.2, -0.15) is 0 Å². The van der Waals surface area contributed by atoms with E-state index >= 15 is 0 Å². The van der Waals surface area contributed by atoms with Crippen LogP contribution < -0.4 is 9.64 Å². The molecular weight excluding hydrogens is 146 g/mol. The molecule has 6 heteroatoms. The zero-order valence-electron chi connectivity index (χ0n) is 6.64. The van der Waals surface area contributed by atoms with Gasteiger partial charge in [0.2, 0.25) is 0 Å². The van der Waals surface area contributed by atoms with E-state index < -0.39 is 0 Å². The van der Waals surface area contributed by atoms with Crippen LogP contribution in [0.5, 0.6) is 6.01 Å². The minimum atomic E-state index is 0.176. The van der Waals surface area contributed by atoms with Gasteiger partial charge in [0.15, 0.2) is 0 Å². The van der Waals surface area contributed by atoms with Crippen LogP contribution in [0.2, 0.25) is 0 Å². The van der Waals surface area contributed by atoms with Crippen molar-refractivity contribution in [3.05, 3.63) is 0 Å². The third-order valence-corrected chi connectivity index (χ3v) is 1.03. The van der Waals surface area contributed by atoms with E-state index in [0.717, 1.165) is 0 Å². The molecule has 0 spiro atoms. The number of aromatic nitrogens is 4.